The minimum atomic E-state index is 0. The molecular formula is C18Fe7N18+4. The maximum absolute atomic E-state index is 6.25. The molecule has 214 valence electrons. The molecular weight excluding hydrogens is 859 g/mol. The molecule has 0 bridgehead atoms. The monoisotopic (exact) mass is 860 g/mol. The van der Waals surface area contributed by atoms with E-state index >= 15 is 0 Å². The van der Waals surface area contributed by atoms with Crippen molar-refractivity contribution in [2.24, 2.45) is 0 Å². The van der Waals surface area contributed by atoms with Crippen LogP contribution in [0.5, 0.6) is 0 Å². The summed E-state index contributed by atoms with van der Waals surface area (Å²) >= 11 is 0. The van der Waals surface area contributed by atoms with E-state index in [1.807, 2.05) is 0 Å². The van der Waals surface area contributed by atoms with Gasteiger partial charge in [-0.3, -0.25) is 0 Å². The zero-order valence-electron chi connectivity index (χ0n) is 19.5. The van der Waals surface area contributed by atoms with Gasteiger partial charge in [-0.25, -0.2) is 0 Å². The molecule has 0 atom stereocenters. The van der Waals surface area contributed by atoms with E-state index in [4.69, 9.17) is 213 Å². The van der Waals surface area contributed by atoms with Crippen LogP contribution in [0.4, 0.5) is 0 Å². The first-order chi connectivity index (χ1) is 18.0. The van der Waals surface area contributed by atoms with Crippen LogP contribution in [0.1, 0.15) is 0 Å². The normalized spacial score (nSPS) is 0.837. The maximum Gasteiger partial charge on any atom is 6.00 e. The Labute approximate surface area is 329 Å². The molecule has 0 spiro atoms. The third-order valence-corrected chi connectivity index (χ3v) is 0. The molecule has 18 nitrogen and oxygen atoms in total. The summed E-state index contributed by atoms with van der Waals surface area (Å²) in [5, 5.41) is 112. The zero-order valence-corrected chi connectivity index (χ0v) is 27.3. The summed E-state index contributed by atoms with van der Waals surface area (Å²) in [5.41, 5.74) is 0. The van der Waals surface area contributed by atoms with Crippen LogP contribution in [0.15, 0.2) is 0 Å². The zero-order chi connectivity index (χ0) is 36.0. The summed E-state index contributed by atoms with van der Waals surface area (Å²) < 4.78 is 0. The standard InChI is InChI=1S/18CN.7Fe/c18*1-2;;;;;;;/q18*-1;2*+2;4*+3;+6. The summed E-state index contributed by atoms with van der Waals surface area (Å²) in [4.78, 5) is 0. The molecule has 0 fully saturated rings. The van der Waals surface area contributed by atoms with Crippen LogP contribution in [-0.2, 0) is 119 Å². The van der Waals surface area contributed by atoms with Gasteiger partial charge in [-0.2, -0.15) is 0 Å². The average molecular weight is 859 g/mol. The van der Waals surface area contributed by atoms with E-state index in [2.05, 4.69) is 0 Å². The van der Waals surface area contributed by atoms with Gasteiger partial charge >= 0.3 is 119 Å². The molecule has 0 rings (SSSR count). The van der Waals surface area contributed by atoms with Gasteiger partial charge in [0.15, 0.2) is 0 Å². The SMILES string of the molecule is [C-]#N.[C-]#N.[C-]#N.[C-]#N.[C-]#N.[C-]#N.[C-]#N.[C-]#N.[C-]#N.[C-]#N.[C-]#N.[C-]#N.[C-]#N.[C-]#N.[C-]#N.[C-]#N.[C-]#N.[C-]#N.[Fe+2].[Fe+2].[Fe+3].[Fe+3].[Fe+3].[Fe+3].[Fe+6]. The summed E-state index contributed by atoms with van der Waals surface area (Å²) in [7, 11) is 0. The van der Waals surface area contributed by atoms with Crippen molar-refractivity contribution >= 4 is 0 Å². The Hall–Kier alpha value is -5.54. The van der Waals surface area contributed by atoms with Gasteiger partial charge in [-0.05, 0) is 0 Å². The van der Waals surface area contributed by atoms with Crippen molar-refractivity contribution in [1.82, 2.24) is 0 Å². The minimum Gasteiger partial charge on any atom is -0.512 e. The van der Waals surface area contributed by atoms with Gasteiger partial charge < -0.3 is 213 Å². The van der Waals surface area contributed by atoms with Crippen molar-refractivity contribution in [3.8, 4) is 0 Å². The fourth-order valence-electron chi connectivity index (χ4n) is 0. The Morgan fingerprint density at radius 3 is 0.140 bits per heavy atom. The van der Waals surface area contributed by atoms with E-state index in [-0.39, 0.29) is 119 Å². The molecule has 25 heteroatoms. The molecule has 0 aliphatic carbocycles. The molecule has 0 heterocycles. The van der Waals surface area contributed by atoms with Gasteiger partial charge in [0.05, 0.1) is 0 Å². The quantitative estimate of drug-likeness (QED) is 0.247. The topological polar surface area (TPSA) is 428 Å². The van der Waals surface area contributed by atoms with Gasteiger partial charge in [-0.15, -0.1) is 0 Å². The van der Waals surface area contributed by atoms with Crippen molar-refractivity contribution in [3.05, 3.63) is 118 Å². The Bertz CT molecular complexity index is 374. The molecule has 0 unspecified atom stereocenters. The van der Waals surface area contributed by atoms with Crippen molar-refractivity contribution in [2.45, 2.75) is 0 Å². The molecule has 0 N–H and O–H groups in total. The van der Waals surface area contributed by atoms with E-state index < -0.39 is 0 Å². The fraction of sp³-hybridized carbons (Fsp3) is 0. The van der Waals surface area contributed by atoms with Gasteiger partial charge in [0.25, 0.3) is 0 Å². The van der Waals surface area contributed by atoms with E-state index in [1.165, 1.54) is 0 Å². The van der Waals surface area contributed by atoms with Crippen LogP contribution in [0.2, 0.25) is 0 Å². The molecule has 0 aromatic rings. The number of rotatable bonds is 0. The van der Waals surface area contributed by atoms with Crippen LogP contribution in [0.25, 0.3) is 0 Å². The third-order valence-electron chi connectivity index (χ3n) is 0. The number of hydrogen-bond acceptors (Lipinski definition) is 18. The predicted octanol–water partition coefficient (Wildman–Crippen LogP) is 1.72. The average Bonchev–Trinajstić information content (AvgIpc) is 3.13. The second-order valence-corrected chi connectivity index (χ2v) is 0. The van der Waals surface area contributed by atoms with Gasteiger partial charge in [-0.1, -0.05) is 0 Å². The van der Waals surface area contributed by atoms with Crippen LogP contribution in [0.3, 0.4) is 0 Å². The van der Waals surface area contributed by atoms with Crippen molar-refractivity contribution < 1.29 is 119 Å². The molecule has 43 heavy (non-hydrogen) atoms. The van der Waals surface area contributed by atoms with Crippen LogP contribution >= 0.6 is 0 Å². The summed E-state index contributed by atoms with van der Waals surface area (Å²) in [6.07, 6.45) is 0. The van der Waals surface area contributed by atoms with Crippen molar-refractivity contribution in [3.63, 3.8) is 0 Å². The van der Waals surface area contributed by atoms with Crippen LogP contribution < -0.4 is 0 Å². The van der Waals surface area contributed by atoms with E-state index in [0.717, 1.165) is 0 Å². The van der Waals surface area contributed by atoms with Gasteiger partial charge in [0.1, 0.15) is 0 Å². The van der Waals surface area contributed by atoms with Crippen molar-refractivity contribution in [2.75, 3.05) is 0 Å². The second-order valence-electron chi connectivity index (χ2n) is 0. The first-order valence-electron chi connectivity index (χ1n) is 4.02. The molecule has 0 aromatic carbocycles. The van der Waals surface area contributed by atoms with Gasteiger partial charge in [0, 0.05) is 0 Å². The molecule has 0 saturated carbocycles. The minimum absolute atomic E-state index is 0. The van der Waals surface area contributed by atoms with Crippen LogP contribution in [-0.4, -0.2) is 0 Å². The van der Waals surface area contributed by atoms with Gasteiger partial charge in [0.2, 0.25) is 0 Å². The number of nitrogens with zero attached hydrogens (tertiary/aromatic N) is 18. The predicted molar refractivity (Wildman–Crippen MR) is 89.4 cm³/mol. The molecule has 0 saturated heterocycles. The molecule has 0 amide bonds. The van der Waals surface area contributed by atoms with E-state index in [9.17, 15) is 0 Å². The summed E-state index contributed by atoms with van der Waals surface area (Å²) in [6.45, 7) is 85.5. The maximum atomic E-state index is 6.25. The molecule has 4 radical (unpaired) electrons. The first-order valence-corrected chi connectivity index (χ1v) is 4.02. The fourth-order valence-corrected chi connectivity index (χ4v) is 0. The third kappa shape index (κ3) is 1410. The Morgan fingerprint density at radius 2 is 0.140 bits per heavy atom. The molecule has 0 aromatic heterocycles. The summed E-state index contributed by atoms with van der Waals surface area (Å²) in [5.74, 6) is 0. The Morgan fingerprint density at radius 1 is 0.140 bits per heavy atom. The Balaban J connectivity index is -0.00000000344. The van der Waals surface area contributed by atoms with E-state index in [0.29, 0.717) is 0 Å². The smallest absolute Gasteiger partial charge is 0.512 e. The first kappa shape index (κ1) is 321. The molecule has 0 aliphatic heterocycles. The summed E-state index contributed by atoms with van der Waals surface area (Å²) in [6, 6.07) is 0. The van der Waals surface area contributed by atoms with Crippen molar-refractivity contribution in [1.29, 1.82) is 94.7 Å². The number of hydrogen-bond donors (Lipinski definition) is 0. The Kier molecular flexibility index (Phi) is 11100. The van der Waals surface area contributed by atoms with Crippen LogP contribution in [0, 0.1) is 213 Å². The largest absolute Gasteiger partial charge is 6.00 e. The van der Waals surface area contributed by atoms with E-state index in [1.54, 1.807) is 0 Å². The second kappa shape index (κ2) is 1490. The molecule has 0 aliphatic rings.